The molecule has 1 heterocycles. The summed E-state index contributed by atoms with van der Waals surface area (Å²) in [5.41, 5.74) is 0.830. The smallest absolute Gasteiger partial charge is 0.131 e. The Kier molecular flexibility index (Phi) is 2.51. The Morgan fingerprint density at radius 2 is 2.20 bits per heavy atom. The summed E-state index contributed by atoms with van der Waals surface area (Å²) < 4.78 is 15.0. The summed E-state index contributed by atoms with van der Waals surface area (Å²) in [6, 6.07) is 6.39. The molecule has 0 saturated heterocycles. The van der Waals surface area contributed by atoms with E-state index < -0.39 is 11.9 Å². The zero-order valence-corrected chi connectivity index (χ0v) is 8.26. The highest BCUT2D eigenvalue weighted by atomic mass is 19.1. The van der Waals surface area contributed by atoms with E-state index in [0.717, 1.165) is 0 Å². The molecule has 0 saturated carbocycles. The third-order valence-corrected chi connectivity index (χ3v) is 2.20. The predicted molar refractivity (Wildman–Crippen MR) is 54.2 cm³/mol. The molecule has 2 rings (SSSR count). The number of halogens is 1. The first kappa shape index (κ1) is 9.86. The van der Waals surface area contributed by atoms with Crippen LogP contribution in [0.4, 0.5) is 4.39 Å². The molecule has 0 aliphatic carbocycles. The molecule has 0 bridgehead atoms. The summed E-state index contributed by atoms with van der Waals surface area (Å²) in [5.74, 6) is -0.419. The summed E-state index contributed by atoms with van der Waals surface area (Å²) in [6.07, 6.45) is 2.46. The molecule has 1 aromatic heterocycles. The first-order chi connectivity index (χ1) is 7.20. The van der Waals surface area contributed by atoms with Crippen molar-refractivity contribution in [2.24, 2.45) is 0 Å². The molecule has 1 unspecified atom stereocenters. The van der Waals surface area contributed by atoms with E-state index in [0.29, 0.717) is 5.69 Å². The van der Waals surface area contributed by atoms with Crippen LogP contribution in [0.1, 0.15) is 18.6 Å². The van der Waals surface area contributed by atoms with Crippen LogP contribution < -0.4 is 0 Å². The van der Waals surface area contributed by atoms with Gasteiger partial charge >= 0.3 is 0 Å². The molecule has 2 aromatic rings. The molecular formula is C11H11FN2O. The number of aliphatic hydroxyl groups excluding tert-OH is 1. The number of benzene rings is 1. The Balaban J connectivity index is 2.61. The maximum atomic E-state index is 13.5. The van der Waals surface area contributed by atoms with E-state index in [1.807, 2.05) is 0 Å². The number of nitrogens with zero attached hydrogens (tertiary/aromatic N) is 2. The van der Waals surface area contributed by atoms with Crippen molar-refractivity contribution in [1.82, 2.24) is 9.78 Å². The third kappa shape index (κ3) is 1.76. The van der Waals surface area contributed by atoms with E-state index in [9.17, 15) is 9.50 Å². The lowest BCUT2D eigenvalue weighted by Crippen LogP contribution is -2.05. The van der Waals surface area contributed by atoms with Crippen LogP contribution in [0.5, 0.6) is 0 Å². The van der Waals surface area contributed by atoms with Crippen molar-refractivity contribution in [3.8, 4) is 5.69 Å². The summed E-state index contributed by atoms with van der Waals surface area (Å²) in [7, 11) is 0. The maximum Gasteiger partial charge on any atom is 0.131 e. The molecule has 1 aromatic carbocycles. The number of hydrogen-bond acceptors (Lipinski definition) is 2. The maximum absolute atomic E-state index is 13.5. The lowest BCUT2D eigenvalue weighted by molar-refractivity contribution is 0.194. The topological polar surface area (TPSA) is 38.0 Å². The van der Waals surface area contributed by atoms with E-state index in [-0.39, 0.29) is 5.56 Å². The first-order valence-corrected chi connectivity index (χ1v) is 4.66. The second kappa shape index (κ2) is 3.82. The summed E-state index contributed by atoms with van der Waals surface area (Å²) >= 11 is 0. The molecule has 0 amide bonds. The number of hydrogen-bond donors (Lipinski definition) is 1. The van der Waals surface area contributed by atoms with Crippen LogP contribution in [0.25, 0.3) is 5.69 Å². The van der Waals surface area contributed by atoms with Crippen molar-refractivity contribution in [3.05, 3.63) is 48.0 Å². The van der Waals surface area contributed by atoms with Gasteiger partial charge in [0.25, 0.3) is 0 Å². The van der Waals surface area contributed by atoms with E-state index >= 15 is 0 Å². The van der Waals surface area contributed by atoms with Crippen LogP contribution in [0.2, 0.25) is 0 Å². The molecule has 1 atom stereocenters. The average Bonchev–Trinajstić information content (AvgIpc) is 2.69. The van der Waals surface area contributed by atoms with Crippen molar-refractivity contribution in [3.63, 3.8) is 0 Å². The monoisotopic (exact) mass is 206 g/mol. The largest absolute Gasteiger partial charge is 0.389 e. The summed E-state index contributed by atoms with van der Waals surface area (Å²) in [6.45, 7) is 1.53. The standard InChI is InChI=1S/C11H11FN2O/c1-8(15)11-9(12)4-2-5-10(11)14-7-3-6-13-14/h2-8,15H,1H3. The van der Waals surface area contributed by atoms with E-state index in [1.54, 1.807) is 30.6 Å². The number of aromatic nitrogens is 2. The van der Waals surface area contributed by atoms with E-state index in [4.69, 9.17) is 0 Å². The molecule has 0 fully saturated rings. The minimum Gasteiger partial charge on any atom is -0.389 e. The van der Waals surface area contributed by atoms with Crippen molar-refractivity contribution in [2.75, 3.05) is 0 Å². The summed E-state index contributed by atoms with van der Waals surface area (Å²) in [4.78, 5) is 0. The second-order valence-electron chi connectivity index (χ2n) is 3.30. The minimum atomic E-state index is -0.856. The zero-order chi connectivity index (χ0) is 10.8. The fourth-order valence-corrected chi connectivity index (χ4v) is 1.55. The molecule has 1 N–H and O–H groups in total. The molecule has 0 aliphatic rings. The zero-order valence-electron chi connectivity index (χ0n) is 8.26. The number of aliphatic hydroxyl groups is 1. The van der Waals surface area contributed by atoms with Crippen LogP contribution >= 0.6 is 0 Å². The van der Waals surface area contributed by atoms with Crippen molar-refractivity contribution < 1.29 is 9.50 Å². The van der Waals surface area contributed by atoms with Crippen molar-refractivity contribution in [2.45, 2.75) is 13.0 Å². The molecule has 4 heteroatoms. The first-order valence-electron chi connectivity index (χ1n) is 4.66. The molecule has 15 heavy (non-hydrogen) atoms. The Labute approximate surface area is 86.8 Å². The van der Waals surface area contributed by atoms with Gasteiger partial charge in [-0.15, -0.1) is 0 Å². The molecular weight excluding hydrogens is 195 g/mol. The molecule has 78 valence electrons. The van der Waals surface area contributed by atoms with Gasteiger partial charge in [-0.05, 0) is 25.1 Å². The average molecular weight is 206 g/mol. The molecule has 3 nitrogen and oxygen atoms in total. The van der Waals surface area contributed by atoms with Gasteiger partial charge in [0.1, 0.15) is 5.82 Å². The van der Waals surface area contributed by atoms with Gasteiger partial charge in [-0.1, -0.05) is 6.07 Å². The third-order valence-electron chi connectivity index (χ3n) is 2.20. The number of rotatable bonds is 2. The fraction of sp³-hybridized carbons (Fsp3) is 0.182. The van der Waals surface area contributed by atoms with Gasteiger partial charge in [0.05, 0.1) is 11.8 Å². The quantitative estimate of drug-likeness (QED) is 0.816. The highest BCUT2D eigenvalue weighted by Gasteiger charge is 2.14. The van der Waals surface area contributed by atoms with Crippen LogP contribution in [0.15, 0.2) is 36.7 Å². The fourth-order valence-electron chi connectivity index (χ4n) is 1.55. The Morgan fingerprint density at radius 1 is 1.40 bits per heavy atom. The van der Waals surface area contributed by atoms with Gasteiger partial charge in [-0.3, -0.25) is 0 Å². The normalized spacial score (nSPS) is 12.7. The lowest BCUT2D eigenvalue weighted by Gasteiger charge is -2.12. The lowest BCUT2D eigenvalue weighted by atomic mass is 10.1. The Morgan fingerprint density at radius 3 is 2.80 bits per heavy atom. The minimum absolute atomic E-state index is 0.265. The van der Waals surface area contributed by atoms with Gasteiger partial charge < -0.3 is 5.11 Å². The van der Waals surface area contributed by atoms with Gasteiger partial charge in [-0.25, -0.2) is 9.07 Å². The van der Waals surface area contributed by atoms with Gasteiger partial charge in [0, 0.05) is 18.0 Å². The molecule has 0 spiro atoms. The SMILES string of the molecule is CC(O)c1c(F)cccc1-n1cccn1. The van der Waals surface area contributed by atoms with Crippen molar-refractivity contribution in [1.29, 1.82) is 0 Å². The van der Waals surface area contributed by atoms with E-state index in [2.05, 4.69) is 5.10 Å². The van der Waals surface area contributed by atoms with Crippen LogP contribution in [0.3, 0.4) is 0 Å². The Bertz CT molecular complexity index is 452. The molecule has 0 aliphatic heterocycles. The summed E-state index contributed by atoms with van der Waals surface area (Å²) in [5, 5.41) is 13.5. The van der Waals surface area contributed by atoms with Crippen LogP contribution in [-0.2, 0) is 0 Å². The van der Waals surface area contributed by atoms with E-state index in [1.165, 1.54) is 17.7 Å². The highest BCUT2D eigenvalue weighted by Crippen LogP contribution is 2.23. The van der Waals surface area contributed by atoms with Crippen molar-refractivity contribution >= 4 is 0 Å². The Hall–Kier alpha value is -1.68. The second-order valence-corrected chi connectivity index (χ2v) is 3.30. The highest BCUT2D eigenvalue weighted by molar-refractivity contribution is 5.42. The van der Waals surface area contributed by atoms with Gasteiger partial charge in [-0.2, -0.15) is 5.10 Å². The van der Waals surface area contributed by atoms with Crippen LogP contribution in [-0.4, -0.2) is 14.9 Å². The van der Waals surface area contributed by atoms with Gasteiger partial charge in [0.2, 0.25) is 0 Å². The van der Waals surface area contributed by atoms with Crippen LogP contribution in [0, 0.1) is 5.82 Å². The van der Waals surface area contributed by atoms with Gasteiger partial charge in [0.15, 0.2) is 0 Å². The molecule has 0 radical (unpaired) electrons. The predicted octanol–water partition coefficient (Wildman–Crippen LogP) is 2.06.